The topological polar surface area (TPSA) is 42.7 Å². The van der Waals surface area contributed by atoms with Crippen LogP contribution in [0, 0.1) is 5.82 Å². The van der Waals surface area contributed by atoms with Crippen LogP contribution in [0.25, 0.3) is 16.7 Å². The third-order valence-electron chi connectivity index (χ3n) is 3.19. The first-order valence-corrected chi connectivity index (χ1v) is 6.59. The van der Waals surface area contributed by atoms with Crippen molar-refractivity contribution in [1.29, 1.82) is 0 Å². The summed E-state index contributed by atoms with van der Waals surface area (Å²) in [6, 6.07) is 12.4. The van der Waals surface area contributed by atoms with Crippen molar-refractivity contribution in [2.75, 3.05) is 6.54 Å². The number of nitrogens with one attached hydrogen (secondary N) is 1. The van der Waals surface area contributed by atoms with Crippen molar-refractivity contribution in [3.8, 4) is 5.69 Å². The molecule has 0 amide bonds. The van der Waals surface area contributed by atoms with E-state index < -0.39 is 0 Å². The zero-order chi connectivity index (χ0) is 13.9. The number of halogens is 1. The number of hydrogen-bond acceptors (Lipinski definition) is 3. The quantitative estimate of drug-likeness (QED) is 0.792. The van der Waals surface area contributed by atoms with E-state index in [2.05, 4.69) is 15.6 Å². The number of para-hydroxylation sites is 1. The van der Waals surface area contributed by atoms with Gasteiger partial charge in [-0.15, -0.1) is 5.10 Å². The Hall–Kier alpha value is -2.27. The third-order valence-corrected chi connectivity index (χ3v) is 3.19. The maximum Gasteiger partial charge on any atom is 0.123 e. The van der Waals surface area contributed by atoms with E-state index in [1.807, 2.05) is 31.2 Å². The number of nitrogens with zero attached hydrogens (tertiary/aromatic N) is 3. The molecule has 3 aromatic rings. The normalized spacial score (nSPS) is 11.1. The van der Waals surface area contributed by atoms with Gasteiger partial charge in [0.15, 0.2) is 0 Å². The second kappa shape index (κ2) is 5.38. The molecule has 0 saturated carbocycles. The maximum absolute atomic E-state index is 13.5. The van der Waals surface area contributed by atoms with Crippen molar-refractivity contribution in [2.45, 2.75) is 13.5 Å². The van der Waals surface area contributed by atoms with E-state index in [1.54, 1.807) is 10.7 Å². The van der Waals surface area contributed by atoms with E-state index in [0.717, 1.165) is 28.8 Å². The van der Waals surface area contributed by atoms with Gasteiger partial charge in [0.2, 0.25) is 0 Å². The van der Waals surface area contributed by atoms with E-state index in [-0.39, 0.29) is 5.82 Å². The Morgan fingerprint density at radius 3 is 2.90 bits per heavy atom. The van der Waals surface area contributed by atoms with Gasteiger partial charge in [0.05, 0.1) is 11.2 Å². The summed E-state index contributed by atoms with van der Waals surface area (Å²) in [5.74, 6) is -0.244. The number of hydrogen-bond donors (Lipinski definition) is 1. The average molecular weight is 270 g/mol. The fraction of sp³-hybridized carbons (Fsp3) is 0.200. The molecule has 0 saturated heterocycles. The molecular formula is C15H15FN4. The summed E-state index contributed by atoms with van der Waals surface area (Å²) in [4.78, 5) is 0. The van der Waals surface area contributed by atoms with E-state index in [9.17, 15) is 4.39 Å². The van der Waals surface area contributed by atoms with Crippen LogP contribution in [-0.2, 0) is 6.54 Å². The van der Waals surface area contributed by atoms with Crippen molar-refractivity contribution in [3.05, 3.63) is 53.8 Å². The molecule has 2 aromatic carbocycles. The maximum atomic E-state index is 13.5. The first-order valence-electron chi connectivity index (χ1n) is 6.59. The van der Waals surface area contributed by atoms with Crippen molar-refractivity contribution < 1.29 is 4.39 Å². The molecule has 0 fully saturated rings. The van der Waals surface area contributed by atoms with Gasteiger partial charge in [-0.25, -0.2) is 9.07 Å². The Labute approximate surface area is 116 Å². The summed E-state index contributed by atoms with van der Waals surface area (Å²) in [6.07, 6.45) is 0. The van der Waals surface area contributed by atoms with Crippen molar-refractivity contribution in [2.24, 2.45) is 0 Å². The van der Waals surface area contributed by atoms with Gasteiger partial charge in [0, 0.05) is 6.54 Å². The van der Waals surface area contributed by atoms with Crippen molar-refractivity contribution in [1.82, 2.24) is 20.3 Å². The molecule has 0 unspecified atom stereocenters. The number of benzene rings is 2. The SMILES string of the molecule is CCNCc1cc(F)ccc1-n1nnc2ccccc21. The molecule has 0 aliphatic rings. The van der Waals surface area contributed by atoms with Gasteiger partial charge in [-0.3, -0.25) is 0 Å². The smallest absolute Gasteiger partial charge is 0.123 e. The lowest BCUT2D eigenvalue weighted by Gasteiger charge is -2.10. The van der Waals surface area contributed by atoms with Crippen LogP contribution in [-0.4, -0.2) is 21.5 Å². The lowest BCUT2D eigenvalue weighted by molar-refractivity contribution is 0.619. The molecule has 4 nitrogen and oxygen atoms in total. The molecule has 0 aliphatic carbocycles. The summed E-state index contributed by atoms with van der Waals surface area (Å²) in [7, 11) is 0. The first kappa shape index (κ1) is 12.7. The van der Waals surface area contributed by atoms with Gasteiger partial charge < -0.3 is 5.32 Å². The summed E-state index contributed by atoms with van der Waals surface area (Å²) >= 11 is 0. The molecule has 0 radical (unpaired) electrons. The minimum absolute atomic E-state index is 0.244. The molecule has 102 valence electrons. The zero-order valence-corrected chi connectivity index (χ0v) is 11.2. The van der Waals surface area contributed by atoms with E-state index in [0.29, 0.717) is 6.54 Å². The Bertz CT molecular complexity index is 736. The molecule has 0 bridgehead atoms. The highest BCUT2D eigenvalue weighted by Crippen LogP contribution is 2.20. The van der Waals surface area contributed by atoms with Crippen LogP contribution in [0.3, 0.4) is 0 Å². The third kappa shape index (κ3) is 2.28. The predicted octanol–water partition coefficient (Wildman–Crippen LogP) is 2.67. The summed E-state index contributed by atoms with van der Waals surface area (Å²) in [5.41, 5.74) is 3.45. The van der Waals surface area contributed by atoms with Crippen LogP contribution in [0.1, 0.15) is 12.5 Å². The van der Waals surface area contributed by atoms with Crippen molar-refractivity contribution in [3.63, 3.8) is 0 Å². The van der Waals surface area contributed by atoms with Crippen LogP contribution < -0.4 is 5.32 Å². The Balaban J connectivity index is 2.13. The first-order chi connectivity index (χ1) is 9.79. The van der Waals surface area contributed by atoms with Crippen LogP contribution in [0.2, 0.25) is 0 Å². The molecule has 20 heavy (non-hydrogen) atoms. The molecule has 1 heterocycles. The highest BCUT2D eigenvalue weighted by Gasteiger charge is 2.10. The molecule has 1 aromatic heterocycles. The lowest BCUT2D eigenvalue weighted by Crippen LogP contribution is -2.14. The molecule has 0 aliphatic heterocycles. The minimum atomic E-state index is -0.244. The monoisotopic (exact) mass is 270 g/mol. The molecular weight excluding hydrogens is 255 g/mol. The van der Waals surface area contributed by atoms with Gasteiger partial charge in [-0.2, -0.15) is 0 Å². The Morgan fingerprint density at radius 2 is 2.05 bits per heavy atom. The van der Waals surface area contributed by atoms with Gasteiger partial charge in [0.25, 0.3) is 0 Å². The molecule has 3 rings (SSSR count). The second-order valence-electron chi connectivity index (χ2n) is 4.54. The van der Waals surface area contributed by atoms with Gasteiger partial charge >= 0.3 is 0 Å². The highest BCUT2D eigenvalue weighted by molar-refractivity contribution is 5.76. The van der Waals surface area contributed by atoms with Crippen LogP contribution in [0.4, 0.5) is 4.39 Å². The summed E-state index contributed by atoms with van der Waals surface area (Å²) in [6.45, 7) is 3.44. The summed E-state index contributed by atoms with van der Waals surface area (Å²) < 4.78 is 15.2. The number of fused-ring (bicyclic) bond motifs is 1. The number of rotatable bonds is 4. The van der Waals surface area contributed by atoms with Crippen LogP contribution >= 0.6 is 0 Å². The molecule has 0 spiro atoms. The van der Waals surface area contributed by atoms with Gasteiger partial charge in [-0.1, -0.05) is 24.3 Å². The fourth-order valence-corrected chi connectivity index (χ4v) is 2.21. The van der Waals surface area contributed by atoms with Gasteiger partial charge in [-0.05, 0) is 42.4 Å². The van der Waals surface area contributed by atoms with Crippen LogP contribution in [0.5, 0.6) is 0 Å². The molecule has 5 heteroatoms. The Kier molecular flexibility index (Phi) is 3.43. The molecule has 0 atom stereocenters. The zero-order valence-electron chi connectivity index (χ0n) is 11.2. The second-order valence-corrected chi connectivity index (χ2v) is 4.54. The van der Waals surface area contributed by atoms with E-state index in [4.69, 9.17) is 0 Å². The van der Waals surface area contributed by atoms with Gasteiger partial charge in [0.1, 0.15) is 11.3 Å². The number of aromatic nitrogens is 3. The summed E-state index contributed by atoms with van der Waals surface area (Å²) in [5, 5.41) is 11.5. The predicted molar refractivity (Wildman–Crippen MR) is 76.2 cm³/mol. The molecule has 1 N–H and O–H groups in total. The lowest BCUT2D eigenvalue weighted by atomic mass is 10.1. The highest BCUT2D eigenvalue weighted by atomic mass is 19.1. The average Bonchev–Trinajstić information content (AvgIpc) is 2.89. The fourth-order valence-electron chi connectivity index (χ4n) is 2.21. The van der Waals surface area contributed by atoms with Crippen molar-refractivity contribution >= 4 is 11.0 Å². The minimum Gasteiger partial charge on any atom is -0.313 e. The standard InChI is InChI=1S/C15H15FN4/c1-2-17-10-11-9-12(16)7-8-14(11)20-15-6-4-3-5-13(15)18-19-20/h3-9,17H,2,10H2,1H3. The van der Waals surface area contributed by atoms with E-state index >= 15 is 0 Å². The Morgan fingerprint density at radius 1 is 1.20 bits per heavy atom. The van der Waals surface area contributed by atoms with E-state index in [1.165, 1.54) is 12.1 Å². The van der Waals surface area contributed by atoms with Crippen LogP contribution in [0.15, 0.2) is 42.5 Å². The largest absolute Gasteiger partial charge is 0.313 e.